The van der Waals surface area contributed by atoms with Crippen molar-refractivity contribution in [1.29, 1.82) is 0 Å². The van der Waals surface area contributed by atoms with E-state index in [1.54, 1.807) is 11.3 Å². The standard InChI is InChI=1S/C19H27N5OS/c1-22-7-2-3-16(11-22)19(25)23-8-4-15(5-9-23)18-20-6-10-24(18)12-17-13-26-14-21-17/h6,10,13-16H,2-5,7-9,11-12H2,1H3/t16-/m1/s1. The Morgan fingerprint density at radius 1 is 1.23 bits per heavy atom. The van der Waals surface area contributed by atoms with E-state index >= 15 is 0 Å². The zero-order chi connectivity index (χ0) is 17.9. The van der Waals surface area contributed by atoms with E-state index < -0.39 is 0 Å². The van der Waals surface area contributed by atoms with Crippen LogP contribution in [0.3, 0.4) is 0 Å². The lowest BCUT2D eigenvalue weighted by atomic mass is 9.92. The summed E-state index contributed by atoms with van der Waals surface area (Å²) < 4.78 is 2.22. The minimum atomic E-state index is 0.192. The van der Waals surface area contributed by atoms with Gasteiger partial charge in [0.05, 0.1) is 23.7 Å². The molecule has 4 heterocycles. The van der Waals surface area contributed by atoms with Gasteiger partial charge in [-0.1, -0.05) is 0 Å². The van der Waals surface area contributed by atoms with Gasteiger partial charge in [0.2, 0.25) is 5.91 Å². The smallest absolute Gasteiger partial charge is 0.226 e. The third-order valence-corrected chi connectivity index (χ3v) is 6.34. The second-order valence-corrected chi connectivity index (χ2v) is 8.31. The first-order valence-corrected chi connectivity index (χ1v) is 10.5. The van der Waals surface area contributed by atoms with Crippen molar-refractivity contribution < 1.29 is 4.79 Å². The van der Waals surface area contributed by atoms with Gasteiger partial charge in [-0.05, 0) is 39.3 Å². The van der Waals surface area contributed by atoms with Crippen molar-refractivity contribution in [3.05, 3.63) is 34.8 Å². The van der Waals surface area contributed by atoms with Crippen LogP contribution in [0.2, 0.25) is 0 Å². The van der Waals surface area contributed by atoms with Crippen LogP contribution in [-0.4, -0.2) is 63.5 Å². The van der Waals surface area contributed by atoms with Crippen LogP contribution in [0.1, 0.15) is 43.1 Å². The van der Waals surface area contributed by atoms with Crippen LogP contribution < -0.4 is 0 Å². The van der Waals surface area contributed by atoms with Crippen molar-refractivity contribution >= 4 is 17.2 Å². The quantitative estimate of drug-likeness (QED) is 0.826. The third kappa shape index (κ3) is 3.83. The first-order chi connectivity index (χ1) is 12.7. The molecule has 0 spiro atoms. The molecule has 0 aliphatic carbocycles. The number of aromatic nitrogens is 3. The van der Waals surface area contributed by atoms with Crippen LogP contribution in [0.5, 0.6) is 0 Å². The molecule has 0 aromatic carbocycles. The summed E-state index contributed by atoms with van der Waals surface area (Å²) in [6, 6.07) is 0. The van der Waals surface area contributed by atoms with Gasteiger partial charge in [-0.2, -0.15) is 0 Å². The summed E-state index contributed by atoms with van der Waals surface area (Å²) in [6.45, 7) is 4.53. The number of nitrogens with zero attached hydrogens (tertiary/aromatic N) is 5. The van der Waals surface area contributed by atoms with Gasteiger partial charge >= 0.3 is 0 Å². The Bertz CT molecular complexity index is 720. The molecule has 7 heteroatoms. The van der Waals surface area contributed by atoms with Crippen LogP contribution in [-0.2, 0) is 11.3 Å². The Morgan fingerprint density at radius 3 is 2.81 bits per heavy atom. The van der Waals surface area contributed by atoms with Crippen molar-refractivity contribution in [2.45, 2.75) is 38.1 Å². The van der Waals surface area contributed by atoms with Crippen LogP contribution in [0, 0.1) is 5.92 Å². The van der Waals surface area contributed by atoms with Gasteiger partial charge in [-0.25, -0.2) is 9.97 Å². The van der Waals surface area contributed by atoms with E-state index in [0.717, 1.165) is 69.9 Å². The van der Waals surface area contributed by atoms with Crippen LogP contribution in [0.4, 0.5) is 0 Å². The number of carbonyl (C=O) groups excluding carboxylic acids is 1. The predicted octanol–water partition coefficient (Wildman–Crippen LogP) is 2.44. The summed E-state index contributed by atoms with van der Waals surface area (Å²) in [6.07, 6.45) is 8.12. The van der Waals surface area contributed by atoms with E-state index in [9.17, 15) is 4.79 Å². The Balaban J connectivity index is 1.35. The second-order valence-electron chi connectivity index (χ2n) is 7.59. The number of carbonyl (C=O) groups is 1. The molecule has 1 atom stereocenters. The number of amides is 1. The molecule has 0 radical (unpaired) electrons. The van der Waals surface area contributed by atoms with E-state index in [4.69, 9.17) is 0 Å². The van der Waals surface area contributed by atoms with Crippen molar-refractivity contribution in [1.82, 2.24) is 24.3 Å². The van der Waals surface area contributed by atoms with Gasteiger partial charge < -0.3 is 14.4 Å². The Morgan fingerprint density at radius 2 is 2.08 bits per heavy atom. The summed E-state index contributed by atoms with van der Waals surface area (Å²) in [7, 11) is 2.12. The number of likely N-dealkylation sites (tertiary alicyclic amines) is 2. The zero-order valence-corrected chi connectivity index (χ0v) is 16.2. The SMILES string of the molecule is CN1CCC[C@@H](C(=O)N2CCC(c3nccn3Cc3cscn3)CC2)C1. The van der Waals surface area contributed by atoms with Crippen LogP contribution >= 0.6 is 11.3 Å². The Hall–Kier alpha value is -1.73. The second kappa shape index (κ2) is 7.88. The van der Waals surface area contributed by atoms with E-state index in [0.29, 0.717) is 11.8 Å². The van der Waals surface area contributed by atoms with Gasteiger partial charge in [0.25, 0.3) is 0 Å². The summed E-state index contributed by atoms with van der Waals surface area (Å²) in [5.74, 6) is 2.13. The molecular weight excluding hydrogens is 346 g/mol. The summed E-state index contributed by atoms with van der Waals surface area (Å²) in [5.41, 5.74) is 2.96. The highest BCUT2D eigenvalue weighted by Gasteiger charge is 2.31. The van der Waals surface area contributed by atoms with Crippen molar-refractivity contribution in [3.8, 4) is 0 Å². The average molecular weight is 374 g/mol. The number of piperidine rings is 2. The topological polar surface area (TPSA) is 54.3 Å². The van der Waals surface area contributed by atoms with E-state index in [2.05, 4.69) is 36.8 Å². The first-order valence-electron chi connectivity index (χ1n) is 9.56. The van der Waals surface area contributed by atoms with Crippen molar-refractivity contribution in [2.75, 3.05) is 33.2 Å². The van der Waals surface area contributed by atoms with Gasteiger partial charge in [0.15, 0.2) is 0 Å². The minimum Gasteiger partial charge on any atom is -0.342 e. The number of rotatable bonds is 4. The molecule has 2 saturated heterocycles. The highest BCUT2D eigenvalue weighted by Crippen LogP contribution is 2.29. The average Bonchev–Trinajstić information content (AvgIpc) is 3.34. The summed E-state index contributed by atoms with van der Waals surface area (Å²) in [5, 5.41) is 2.09. The maximum absolute atomic E-state index is 12.8. The predicted molar refractivity (Wildman–Crippen MR) is 102 cm³/mol. The lowest BCUT2D eigenvalue weighted by Gasteiger charge is -2.36. The molecule has 6 nitrogen and oxygen atoms in total. The molecule has 140 valence electrons. The highest BCUT2D eigenvalue weighted by atomic mass is 32.1. The maximum atomic E-state index is 12.8. The molecule has 1 amide bonds. The molecule has 0 bridgehead atoms. The summed E-state index contributed by atoms with van der Waals surface area (Å²) >= 11 is 1.63. The molecule has 26 heavy (non-hydrogen) atoms. The lowest BCUT2D eigenvalue weighted by molar-refractivity contribution is -0.138. The molecule has 2 aliphatic rings. The van der Waals surface area contributed by atoms with Crippen LogP contribution in [0.15, 0.2) is 23.3 Å². The third-order valence-electron chi connectivity index (χ3n) is 5.71. The Labute approximate surface area is 158 Å². The fourth-order valence-electron chi connectivity index (χ4n) is 4.29. The van der Waals surface area contributed by atoms with Crippen molar-refractivity contribution in [2.24, 2.45) is 5.92 Å². The molecule has 0 N–H and O–H groups in total. The fourth-order valence-corrected chi connectivity index (χ4v) is 4.84. The van der Waals surface area contributed by atoms with Crippen LogP contribution in [0.25, 0.3) is 0 Å². The number of thiazole rings is 1. The lowest BCUT2D eigenvalue weighted by Crippen LogP contribution is -2.46. The largest absolute Gasteiger partial charge is 0.342 e. The molecule has 2 aromatic rings. The molecule has 2 fully saturated rings. The molecule has 0 saturated carbocycles. The van der Waals surface area contributed by atoms with E-state index in [-0.39, 0.29) is 5.92 Å². The molecule has 0 unspecified atom stereocenters. The van der Waals surface area contributed by atoms with Gasteiger partial charge in [-0.15, -0.1) is 11.3 Å². The van der Waals surface area contributed by atoms with Gasteiger partial charge in [-0.3, -0.25) is 4.79 Å². The van der Waals surface area contributed by atoms with E-state index in [1.807, 2.05) is 17.9 Å². The molecule has 4 rings (SSSR count). The summed E-state index contributed by atoms with van der Waals surface area (Å²) in [4.78, 5) is 26.2. The van der Waals surface area contributed by atoms with Crippen molar-refractivity contribution in [3.63, 3.8) is 0 Å². The van der Waals surface area contributed by atoms with Gasteiger partial charge in [0.1, 0.15) is 5.82 Å². The Kier molecular flexibility index (Phi) is 5.36. The zero-order valence-electron chi connectivity index (χ0n) is 15.4. The number of hydrogen-bond donors (Lipinski definition) is 0. The maximum Gasteiger partial charge on any atom is 0.226 e. The van der Waals surface area contributed by atoms with E-state index in [1.165, 1.54) is 0 Å². The first kappa shape index (κ1) is 17.7. The molecule has 2 aliphatic heterocycles. The fraction of sp³-hybridized carbons (Fsp3) is 0.632. The molecule has 2 aromatic heterocycles. The molecular formula is C19H27N5OS. The minimum absolute atomic E-state index is 0.192. The number of hydrogen-bond acceptors (Lipinski definition) is 5. The monoisotopic (exact) mass is 373 g/mol. The van der Waals surface area contributed by atoms with Gasteiger partial charge in [0, 0.05) is 43.3 Å². The number of imidazole rings is 1. The normalized spacial score (nSPS) is 22.7. The highest BCUT2D eigenvalue weighted by molar-refractivity contribution is 7.07.